The van der Waals surface area contributed by atoms with Gasteiger partial charge in [0.2, 0.25) is 0 Å². The van der Waals surface area contributed by atoms with Gasteiger partial charge in [0.1, 0.15) is 11.0 Å². The van der Waals surface area contributed by atoms with Gasteiger partial charge in [0.05, 0.1) is 11.7 Å². The summed E-state index contributed by atoms with van der Waals surface area (Å²) in [4.78, 5) is 5.25. The van der Waals surface area contributed by atoms with Gasteiger partial charge < -0.3 is 0 Å². The molecule has 2 nitrogen and oxygen atoms in total. The second-order valence-electron chi connectivity index (χ2n) is 6.95. The molecule has 0 N–H and O–H groups in total. The van der Waals surface area contributed by atoms with Gasteiger partial charge in [-0.25, -0.2) is 0 Å². The molecule has 122 valence electrons. The molecule has 0 atom stereocenters. The van der Waals surface area contributed by atoms with E-state index >= 15 is 0 Å². The van der Waals surface area contributed by atoms with Crippen molar-refractivity contribution in [3.8, 4) is 20.9 Å². The van der Waals surface area contributed by atoms with Gasteiger partial charge in [-0.2, -0.15) is 8.75 Å². The van der Waals surface area contributed by atoms with E-state index in [0.29, 0.717) is 0 Å². The lowest BCUT2D eigenvalue weighted by molar-refractivity contribution is 0.604. The largest absolute Gasteiger partial charge is 0.172 e. The third-order valence-electron chi connectivity index (χ3n) is 4.03. The average Bonchev–Trinajstić information content (AvgIpc) is 3.25. The maximum absolute atomic E-state index is 4.60. The van der Waals surface area contributed by atoms with E-state index in [9.17, 15) is 0 Å². The molecule has 0 fully saturated rings. The molecule has 4 aromatic rings. The number of fused-ring (bicyclic) bond motifs is 1. The van der Waals surface area contributed by atoms with Gasteiger partial charge in [0.15, 0.2) is 0 Å². The Bertz CT molecular complexity index is 1010. The summed E-state index contributed by atoms with van der Waals surface area (Å²) < 4.78 is 9.19. The highest BCUT2D eigenvalue weighted by Gasteiger charge is 2.19. The van der Waals surface area contributed by atoms with Crippen molar-refractivity contribution in [1.29, 1.82) is 0 Å². The highest BCUT2D eigenvalue weighted by atomic mass is 32.1. The van der Waals surface area contributed by atoms with Gasteiger partial charge in [0, 0.05) is 30.6 Å². The zero-order valence-corrected chi connectivity index (χ0v) is 16.5. The molecule has 3 heterocycles. The van der Waals surface area contributed by atoms with Gasteiger partial charge in [-0.15, -0.1) is 22.7 Å². The van der Waals surface area contributed by atoms with Crippen molar-refractivity contribution < 1.29 is 0 Å². The minimum atomic E-state index is 0.177. The number of nitrogens with zero attached hydrogens (tertiary/aromatic N) is 2. The molecule has 0 aliphatic rings. The Hall–Kier alpha value is -1.56. The molecule has 0 spiro atoms. The van der Waals surface area contributed by atoms with Crippen molar-refractivity contribution >= 4 is 45.4 Å². The molecule has 0 aliphatic heterocycles. The lowest BCUT2D eigenvalue weighted by Crippen LogP contribution is -2.07. The molecule has 5 heteroatoms. The summed E-state index contributed by atoms with van der Waals surface area (Å²) in [6.45, 7) is 8.90. The summed E-state index contributed by atoms with van der Waals surface area (Å²) in [6.07, 6.45) is 0. The van der Waals surface area contributed by atoms with Gasteiger partial charge in [-0.1, -0.05) is 32.9 Å². The molecule has 3 aromatic heterocycles. The third kappa shape index (κ3) is 2.70. The summed E-state index contributed by atoms with van der Waals surface area (Å²) in [6, 6.07) is 13.2. The first-order valence-corrected chi connectivity index (χ1v) is 10.2. The molecule has 0 radical (unpaired) electrons. The Morgan fingerprint density at radius 3 is 1.83 bits per heavy atom. The lowest BCUT2D eigenvalue weighted by atomic mass is 9.95. The molecule has 0 bridgehead atoms. The van der Waals surface area contributed by atoms with Crippen LogP contribution in [0.15, 0.2) is 36.4 Å². The van der Waals surface area contributed by atoms with Crippen LogP contribution in [0.3, 0.4) is 0 Å². The van der Waals surface area contributed by atoms with E-state index in [0.717, 1.165) is 11.0 Å². The van der Waals surface area contributed by atoms with Crippen LogP contribution < -0.4 is 0 Å². The van der Waals surface area contributed by atoms with Crippen molar-refractivity contribution in [1.82, 2.24) is 8.75 Å². The van der Waals surface area contributed by atoms with Crippen LogP contribution in [0.2, 0.25) is 0 Å². The van der Waals surface area contributed by atoms with Crippen molar-refractivity contribution in [3.05, 3.63) is 46.2 Å². The van der Waals surface area contributed by atoms with Crippen molar-refractivity contribution in [2.75, 3.05) is 0 Å². The van der Waals surface area contributed by atoms with Crippen LogP contribution in [0.25, 0.3) is 31.9 Å². The molecule has 0 saturated carbocycles. The van der Waals surface area contributed by atoms with Gasteiger partial charge in [-0.05, 0) is 36.6 Å². The summed E-state index contributed by atoms with van der Waals surface area (Å²) in [5, 5.41) is 0. The average molecular weight is 371 g/mol. The molecule has 0 amide bonds. The van der Waals surface area contributed by atoms with E-state index in [1.165, 1.54) is 42.4 Å². The normalized spacial score (nSPS) is 12.2. The van der Waals surface area contributed by atoms with Crippen LogP contribution >= 0.6 is 34.4 Å². The second kappa shape index (κ2) is 5.76. The highest BCUT2D eigenvalue weighted by Crippen LogP contribution is 2.40. The van der Waals surface area contributed by atoms with E-state index in [1.807, 2.05) is 22.7 Å². The molecule has 1 aromatic carbocycles. The molecule has 0 saturated heterocycles. The standard InChI is InChI=1S/C19H18N2S3/c1-11-5-8-14(22-11)12-6-7-13(18-17(12)20-24-21-18)15-9-10-16(23-15)19(2,3)4/h5-10H,1-4H3. The van der Waals surface area contributed by atoms with Crippen molar-refractivity contribution in [2.45, 2.75) is 33.1 Å². The van der Waals surface area contributed by atoms with E-state index in [1.54, 1.807) is 0 Å². The maximum Gasteiger partial charge on any atom is 0.114 e. The molecular weight excluding hydrogens is 352 g/mol. The van der Waals surface area contributed by atoms with Gasteiger partial charge >= 0.3 is 0 Å². The molecule has 0 aliphatic carbocycles. The minimum absolute atomic E-state index is 0.177. The SMILES string of the molecule is Cc1ccc(-c2ccc(-c3ccc(C(C)(C)C)s3)c3nsnc23)s1. The van der Waals surface area contributed by atoms with E-state index in [4.69, 9.17) is 0 Å². The summed E-state index contributed by atoms with van der Waals surface area (Å²) in [5.74, 6) is 0. The molecule has 0 unspecified atom stereocenters. The van der Waals surface area contributed by atoms with Crippen LogP contribution in [0.4, 0.5) is 0 Å². The number of benzene rings is 1. The quantitative estimate of drug-likeness (QED) is 0.390. The predicted octanol–water partition coefficient (Wildman–Crippen LogP) is 6.75. The summed E-state index contributed by atoms with van der Waals surface area (Å²) >= 11 is 4.96. The number of hydrogen-bond donors (Lipinski definition) is 0. The van der Waals surface area contributed by atoms with Crippen LogP contribution in [-0.4, -0.2) is 8.75 Å². The number of aromatic nitrogens is 2. The van der Waals surface area contributed by atoms with E-state index in [2.05, 4.69) is 72.8 Å². The second-order valence-corrected chi connectivity index (χ2v) is 9.85. The first-order chi connectivity index (χ1) is 11.4. The van der Waals surface area contributed by atoms with Crippen LogP contribution in [-0.2, 0) is 5.41 Å². The van der Waals surface area contributed by atoms with Crippen molar-refractivity contribution in [3.63, 3.8) is 0 Å². The first-order valence-electron chi connectivity index (χ1n) is 7.86. The van der Waals surface area contributed by atoms with Crippen LogP contribution in [0, 0.1) is 6.92 Å². The summed E-state index contributed by atoms with van der Waals surface area (Å²) in [5.41, 5.74) is 4.59. The Labute approximate surface area is 154 Å². The molecule has 4 rings (SSSR count). The van der Waals surface area contributed by atoms with E-state index in [-0.39, 0.29) is 5.41 Å². The predicted molar refractivity (Wildman–Crippen MR) is 107 cm³/mol. The topological polar surface area (TPSA) is 25.8 Å². The number of hydrogen-bond acceptors (Lipinski definition) is 5. The lowest BCUT2D eigenvalue weighted by Gasteiger charge is -2.15. The van der Waals surface area contributed by atoms with Gasteiger partial charge in [-0.3, -0.25) is 0 Å². The maximum atomic E-state index is 4.60. The Morgan fingerprint density at radius 2 is 1.33 bits per heavy atom. The zero-order valence-electron chi connectivity index (χ0n) is 14.1. The number of rotatable bonds is 2. The third-order valence-corrected chi connectivity index (χ3v) is 7.14. The monoisotopic (exact) mass is 370 g/mol. The number of thiophene rings is 2. The highest BCUT2D eigenvalue weighted by molar-refractivity contribution is 7.16. The fourth-order valence-corrected chi connectivity index (χ4v) is 5.29. The fraction of sp³-hybridized carbons (Fsp3) is 0.263. The number of aryl methyl sites for hydroxylation is 1. The molecular formula is C19H18N2S3. The Balaban J connectivity index is 1.87. The van der Waals surface area contributed by atoms with Crippen LogP contribution in [0.1, 0.15) is 30.5 Å². The fourth-order valence-electron chi connectivity index (χ4n) is 2.73. The van der Waals surface area contributed by atoms with E-state index < -0.39 is 0 Å². The van der Waals surface area contributed by atoms with Crippen molar-refractivity contribution in [2.24, 2.45) is 0 Å². The summed E-state index contributed by atoms with van der Waals surface area (Å²) in [7, 11) is 0. The van der Waals surface area contributed by atoms with Crippen LogP contribution in [0.5, 0.6) is 0 Å². The smallest absolute Gasteiger partial charge is 0.114 e. The molecule has 24 heavy (non-hydrogen) atoms. The first kappa shape index (κ1) is 15.9. The Kier molecular flexibility index (Phi) is 3.82. The zero-order chi connectivity index (χ0) is 16.9. The van der Waals surface area contributed by atoms with Gasteiger partial charge in [0.25, 0.3) is 0 Å². The minimum Gasteiger partial charge on any atom is -0.172 e. The Morgan fingerprint density at radius 1 is 0.750 bits per heavy atom.